The summed E-state index contributed by atoms with van der Waals surface area (Å²) in [5, 5.41) is 0. The Morgan fingerprint density at radius 2 is 2.00 bits per heavy atom. The van der Waals surface area contributed by atoms with E-state index >= 15 is 0 Å². The molecule has 5 nitrogen and oxygen atoms in total. The van der Waals surface area contributed by atoms with Gasteiger partial charge in [-0.1, -0.05) is 12.8 Å². The molecular weight excluding hydrogens is 218 g/mol. The monoisotopic (exact) mass is 235 g/mol. The van der Waals surface area contributed by atoms with Crippen molar-refractivity contribution in [2.45, 2.75) is 32.2 Å². The number of hydrogen-bond donors (Lipinski definition) is 0. The van der Waals surface area contributed by atoms with Crippen LogP contribution < -0.4 is 0 Å². The van der Waals surface area contributed by atoms with Crippen LogP contribution in [0, 0.1) is 0 Å². The lowest BCUT2D eigenvalue weighted by atomic mass is 10.2. The molecule has 92 valence electrons. The molecule has 0 bridgehead atoms. The maximum Gasteiger partial charge on any atom is 0.242 e. The van der Waals surface area contributed by atoms with E-state index in [1.807, 2.05) is 4.90 Å². The average molecular weight is 235 g/mol. The van der Waals surface area contributed by atoms with Gasteiger partial charge < -0.3 is 9.47 Å². The number of nitrogens with zero attached hydrogens (tertiary/aromatic N) is 3. The van der Waals surface area contributed by atoms with Crippen LogP contribution in [0.4, 0.5) is 0 Å². The van der Waals surface area contributed by atoms with Crippen molar-refractivity contribution in [3.05, 3.63) is 18.2 Å². The highest BCUT2D eigenvalue weighted by Gasteiger charge is 2.15. The van der Waals surface area contributed by atoms with Gasteiger partial charge in [0.15, 0.2) is 6.29 Å². The van der Waals surface area contributed by atoms with Crippen molar-refractivity contribution in [1.29, 1.82) is 0 Å². The molecule has 1 fully saturated rings. The van der Waals surface area contributed by atoms with Gasteiger partial charge in [-0.15, -0.1) is 0 Å². The van der Waals surface area contributed by atoms with Crippen LogP contribution in [-0.2, 0) is 11.3 Å². The quantitative estimate of drug-likeness (QED) is 0.737. The van der Waals surface area contributed by atoms with Gasteiger partial charge in [-0.25, -0.2) is 4.98 Å². The molecule has 1 aliphatic heterocycles. The van der Waals surface area contributed by atoms with E-state index in [1.165, 1.54) is 19.2 Å². The Hall–Kier alpha value is -1.65. The summed E-state index contributed by atoms with van der Waals surface area (Å²) < 4.78 is 1.66. The molecular formula is C12H17N3O2. The van der Waals surface area contributed by atoms with Gasteiger partial charge in [-0.2, -0.15) is 0 Å². The molecule has 0 spiro atoms. The van der Waals surface area contributed by atoms with Gasteiger partial charge in [0.25, 0.3) is 0 Å². The summed E-state index contributed by atoms with van der Waals surface area (Å²) >= 11 is 0. The molecule has 0 aliphatic carbocycles. The van der Waals surface area contributed by atoms with Crippen molar-refractivity contribution in [3.63, 3.8) is 0 Å². The molecule has 2 rings (SSSR count). The Labute approximate surface area is 100 Å². The first kappa shape index (κ1) is 11.8. The molecule has 5 heteroatoms. The zero-order valence-corrected chi connectivity index (χ0v) is 9.84. The van der Waals surface area contributed by atoms with E-state index in [2.05, 4.69) is 4.98 Å². The van der Waals surface area contributed by atoms with Crippen LogP contribution in [0.2, 0.25) is 0 Å². The van der Waals surface area contributed by atoms with Crippen molar-refractivity contribution in [1.82, 2.24) is 14.5 Å². The fourth-order valence-electron chi connectivity index (χ4n) is 2.10. The van der Waals surface area contributed by atoms with Gasteiger partial charge in [-0.3, -0.25) is 9.59 Å². The van der Waals surface area contributed by atoms with Gasteiger partial charge in [0, 0.05) is 19.3 Å². The average Bonchev–Trinajstić information content (AvgIpc) is 2.62. The summed E-state index contributed by atoms with van der Waals surface area (Å²) in [7, 11) is 0. The molecule has 2 heterocycles. The van der Waals surface area contributed by atoms with Crippen molar-refractivity contribution < 1.29 is 9.59 Å². The standard InChI is InChI=1S/C12H17N3O2/c16-9-11-7-14(10-13-11)8-12(17)15-5-3-1-2-4-6-15/h7,9-10H,1-6,8H2. The SMILES string of the molecule is O=Cc1cn(CC(=O)N2CCCCCC2)cn1. The van der Waals surface area contributed by atoms with E-state index in [1.54, 1.807) is 10.8 Å². The smallest absolute Gasteiger partial charge is 0.242 e. The van der Waals surface area contributed by atoms with E-state index < -0.39 is 0 Å². The molecule has 1 aromatic heterocycles. The Kier molecular flexibility index (Phi) is 3.90. The van der Waals surface area contributed by atoms with E-state index in [9.17, 15) is 9.59 Å². The molecule has 0 aromatic carbocycles. The van der Waals surface area contributed by atoms with Gasteiger partial charge in [0.1, 0.15) is 12.2 Å². The maximum atomic E-state index is 12.0. The number of aldehydes is 1. The minimum Gasteiger partial charge on any atom is -0.341 e. The van der Waals surface area contributed by atoms with E-state index in [0.29, 0.717) is 12.0 Å². The second kappa shape index (κ2) is 5.61. The van der Waals surface area contributed by atoms with Crippen LogP contribution in [0.15, 0.2) is 12.5 Å². The number of amides is 1. The summed E-state index contributed by atoms with van der Waals surface area (Å²) in [5.41, 5.74) is 0.369. The first-order valence-corrected chi connectivity index (χ1v) is 6.04. The predicted molar refractivity (Wildman–Crippen MR) is 62.7 cm³/mol. The third-order valence-electron chi connectivity index (χ3n) is 3.05. The molecule has 17 heavy (non-hydrogen) atoms. The second-order valence-electron chi connectivity index (χ2n) is 4.38. The van der Waals surface area contributed by atoms with Gasteiger partial charge in [-0.05, 0) is 12.8 Å². The van der Waals surface area contributed by atoms with Gasteiger partial charge in [0.05, 0.1) is 6.33 Å². The fourth-order valence-corrected chi connectivity index (χ4v) is 2.10. The van der Waals surface area contributed by atoms with Crippen LogP contribution in [0.3, 0.4) is 0 Å². The molecule has 1 amide bonds. The van der Waals surface area contributed by atoms with E-state index in [0.717, 1.165) is 25.9 Å². The number of imidazole rings is 1. The molecule has 0 N–H and O–H groups in total. The van der Waals surface area contributed by atoms with Crippen molar-refractivity contribution in [3.8, 4) is 0 Å². The van der Waals surface area contributed by atoms with Crippen molar-refractivity contribution >= 4 is 12.2 Å². The minimum atomic E-state index is 0.113. The van der Waals surface area contributed by atoms with Crippen LogP contribution in [0.1, 0.15) is 36.2 Å². The molecule has 0 atom stereocenters. The number of likely N-dealkylation sites (tertiary alicyclic amines) is 1. The lowest BCUT2D eigenvalue weighted by Crippen LogP contribution is -2.34. The molecule has 0 radical (unpaired) electrons. The summed E-state index contributed by atoms with van der Waals surface area (Å²) in [6.07, 6.45) is 8.42. The lowest BCUT2D eigenvalue weighted by Gasteiger charge is -2.20. The minimum absolute atomic E-state index is 0.113. The Balaban J connectivity index is 1.93. The highest BCUT2D eigenvalue weighted by molar-refractivity contribution is 5.76. The molecule has 1 saturated heterocycles. The molecule has 1 aromatic rings. The Morgan fingerprint density at radius 1 is 1.29 bits per heavy atom. The molecule has 0 unspecified atom stereocenters. The normalized spacial score (nSPS) is 16.6. The number of hydrogen-bond acceptors (Lipinski definition) is 3. The number of aromatic nitrogens is 2. The van der Waals surface area contributed by atoms with E-state index in [4.69, 9.17) is 0 Å². The zero-order chi connectivity index (χ0) is 12.1. The molecule has 1 aliphatic rings. The number of carbonyl (C=O) groups is 2. The summed E-state index contributed by atoms with van der Waals surface area (Å²) in [4.78, 5) is 28.3. The summed E-state index contributed by atoms with van der Waals surface area (Å²) in [6, 6.07) is 0. The molecule has 0 saturated carbocycles. The Morgan fingerprint density at radius 3 is 2.59 bits per heavy atom. The first-order valence-electron chi connectivity index (χ1n) is 6.04. The van der Waals surface area contributed by atoms with Crippen molar-refractivity contribution in [2.75, 3.05) is 13.1 Å². The van der Waals surface area contributed by atoms with E-state index in [-0.39, 0.29) is 12.5 Å². The topological polar surface area (TPSA) is 55.2 Å². The van der Waals surface area contributed by atoms with Crippen LogP contribution in [0.25, 0.3) is 0 Å². The van der Waals surface area contributed by atoms with Gasteiger partial charge >= 0.3 is 0 Å². The number of carbonyl (C=O) groups excluding carboxylic acids is 2. The predicted octanol–water partition coefficient (Wildman–Crippen LogP) is 1.10. The maximum absolute atomic E-state index is 12.0. The third-order valence-corrected chi connectivity index (χ3v) is 3.05. The lowest BCUT2D eigenvalue weighted by molar-refractivity contribution is -0.131. The van der Waals surface area contributed by atoms with Crippen LogP contribution in [0.5, 0.6) is 0 Å². The summed E-state index contributed by atoms with van der Waals surface area (Å²) in [5.74, 6) is 0.113. The first-order chi connectivity index (χ1) is 8.29. The highest BCUT2D eigenvalue weighted by atomic mass is 16.2. The van der Waals surface area contributed by atoms with Crippen molar-refractivity contribution in [2.24, 2.45) is 0 Å². The zero-order valence-electron chi connectivity index (χ0n) is 9.84. The Bertz CT molecular complexity index is 392. The summed E-state index contributed by atoms with van der Waals surface area (Å²) in [6.45, 7) is 1.99. The van der Waals surface area contributed by atoms with Gasteiger partial charge in [0.2, 0.25) is 5.91 Å². The van der Waals surface area contributed by atoms with Crippen LogP contribution in [-0.4, -0.2) is 39.7 Å². The second-order valence-corrected chi connectivity index (χ2v) is 4.38. The highest BCUT2D eigenvalue weighted by Crippen LogP contribution is 2.10. The largest absolute Gasteiger partial charge is 0.341 e. The number of rotatable bonds is 3. The van der Waals surface area contributed by atoms with Crippen LogP contribution >= 0.6 is 0 Å². The fraction of sp³-hybridized carbons (Fsp3) is 0.583. The third kappa shape index (κ3) is 3.15.